The van der Waals surface area contributed by atoms with E-state index >= 15 is 0 Å². The number of hydrogen-bond donors (Lipinski definition) is 1. The Bertz CT molecular complexity index is 820. The van der Waals surface area contributed by atoms with Crippen LogP contribution in [0.5, 0.6) is 5.75 Å². The SMILES string of the molecule is CC(CCCC(C)(C)O)CC(=O)CCS(=O)(=O)Oc1c(F)c(F)c(F)c(F)c1F. The maximum atomic E-state index is 13.5. The van der Waals surface area contributed by atoms with E-state index in [1.54, 1.807) is 20.8 Å². The van der Waals surface area contributed by atoms with Gasteiger partial charge in [0.1, 0.15) is 5.78 Å². The van der Waals surface area contributed by atoms with Crippen molar-refractivity contribution in [3.8, 4) is 5.75 Å². The second-order valence-electron chi connectivity index (χ2n) is 7.55. The summed E-state index contributed by atoms with van der Waals surface area (Å²) in [5, 5.41) is 9.63. The van der Waals surface area contributed by atoms with Gasteiger partial charge in [-0.2, -0.15) is 17.2 Å². The van der Waals surface area contributed by atoms with E-state index < -0.39 is 68.5 Å². The summed E-state index contributed by atoms with van der Waals surface area (Å²) >= 11 is 0. The quantitative estimate of drug-likeness (QED) is 0.240. The van der Waals surface area contributed by atoms with E-state index in [1.165, 1.54) is 0 Å². The topological polar surface area (TPSA) is 80.7 Å². The van der Waals surface area contributed by atoms with Crippen molar-refractivity contribution < 1.29 is 44.5 Å². The van der Waals surface area contributed by atoms with E-state index in [9.17, 15) is 40.3 Å². The number of Topliss-reactive ketones (excluding diaryl/α,β-unsaturated/α-hetero) is 1. The lowest BCUT2D eigenvalue weighted by Gasteiger charge is -2.18. The second kappa shape index (κ2) is 9.84. The van der Waals surface area contributed by atoms with Gasteiger partial charge in [0.25, 0.3) is 0 Å². The summed E-state index contributed by atoms with van der Waals surface area (Å²) in [7, 11) is -4.78. The highest BCUT2D eigenvalue weighted by Crippen LogP contribution is 2.30. The molecular formula is C18H23F5O5S. The number of benzene rings is 1. The average Bonchev–Trinajstić information content (AvgIpc) is 2.59. The first-order valence-electron chi connectivity index (χ1n) is 8.82. The molecule has 1 aromatic rings. The van der Waals surface area contributed by atoms with Crippen LogP contribution in [-0.2, 0) is 14.9 Å². The van der Waals surface area contributed by atoms with Gasteiger partial charge in [0.05, 0.1) is 11.4 Å². The van der Waals surface area contributed by atoms with E-state index in [4.69, 9.17) is 0 Å². The largest absolute Gasteiger partial charge is 0.390 e. The van der Waals surface area contributed by atoms with E-state index in [2.05, 4.69) is 4.18 Å². The third-order valence-electron chi connectivity index (χ3n) is 4.07. The summed E-state index contributed by atoms with van der Waals surface area (Å²) in [6, 6.07) is 0. The Morgan fingerprint density at radius 2 is 1.52 bits per heavy atom. The fourth-order valence-corrected chi connectivity index (χ4v) is 3.50. The van der Waals surface area contributed by atoms with Gasteiger partial charge in [0.15, 0.2) is 0 Å². The molecule has 0 saturated carbocycles. The van der Waals surface area contributed by atoms with Crippen LogP contribution in [0.4, 0.5) is 22.0 Å². The lowest BCUT2D eigenvalue weighted by atomic mass is 9.93. The minimum atomic E-state index is -4.78. The summed E-state index contributed by atoms with van der Waals surface area (Å²) in [5.74, 6) is -15.5. The van der Waals surface area contributed by atoms with Crippen LogP contribution in [0.1, 0.15) is 52.9 Å². The van der Waals surface area contributed by atoms with Crippen LogP contribution in [0.3, 0.4) is 0 Å². The van der Waals surface area contributed by atoms with Gasteiger partial charge >= 0.3 is 10.1 Å². The Hall–Kier alpha value is -1.75. The van der Waals surface area contributed by atoms with Crippen molar-refractivity contribution in [1.82, 2.24) is 0 Å². The van der Waals surface area contributed by atoms with E-state index in [0.29, 0.717) is 19.3 Å². The van der Waals surface area contributed by atoms with Crippen molar-refractivity contribution >= 4 is 15.9 Å². The number of hydrogen-bond acceptors (Lipinski definition) is 5. The molecule has 0 aliphatic carbocycles. The van der Waals surface area contributed by atoms with Gasteiger partial charge in [-0.3, -0.25) is 4.79 Å². The number of carbonyl (C=O) groups excluding carboxylic acids is 1. The van der Waals surface area contributed by atoms with Crippen LogP contribution in [0.25, 0.3) is 0 Å². The molecule has 0 spiro atoms. The molecule has 0 saturated heterocycles. The lowest BCUT2D eigenvalue weighted by molar-refractivity contribution is -0.119. The Morgan fingerprint density at radius 3 is 2.00 bits per heavy atom. The molecule has 1 aromatic carbocycles. The van der Waals surface area contributed by atoms with Crippen LogP contribution in [0.2, 0.25) is 0 Å². The Labute approximate surface area is 166 Å². The zero-order chi connectivity index (χ0) is 22.6. The zero-order valence-corrected chi connectivity index (χ0v) is 17.0. The monoisotopic (exact) mass is 446 g/mol. The Balaban J connectivity index is 2.66. The number of aliphatic hydroxyl groups is 1. The van der Waals surface area contributed by atoms with E-state index in [0.717, 1.165) is 0 Å². The maximum Gasteiger partial charge on any atom is 0.309 e. The molecule has 0 bridgehead atoms. The zero-order valence-electron chi connectivity index (χ0n) is 16.2. The van der Waals surface area contributed by atoms with Crippen LogP contribution >= 0.6 is 0 Å². The van der Waals surface area contributed by atoms with Crippen LogP contribution < -0.4 is 4.18 Å². The molecule has 0 amide bonds. The number of rotatable bonds is 11. The molecule has 0 aliphatic heterocycles. The van der Waals surface area contributed by atoms with Crippen LogP contribution in [0.15, 0.2) is 0 Å². The second-order valence-corrected chi connectivity index (χ2v) is 9.24. The van der Waals surface area contributed by atoms with Crippen molar-refractivity contribution in [2.24, 2.45) is 5.92 Å². The number of ketones is 1. The number of halogens is 5. The maximum absolute atomic E-state index is 13.5. The molecule has 29 heavy (non-hydrogen) atoms. The summed E-state index contributed by atoms with van der Waals surface area (Å²) in [4.78, 5) is 11.9. The first-order valence-corrected chi connectivity index (χ1v) is 10.4. The van der Waals surface area contributed by atoms with Gasteiger partial charge in [-0.15, -0.1) is 0 Å². The summed E-state index contributed by atoms with van der Waals surface area (Å²) in [6.07, 6.45) is 1.27. The minimum Gasteiger partial charge on any atom is -0.390 e. The smallest absolute Gasteiger partial charge is 0.309 e. The normalized spacial score (nSPS) is 13.4. The predicted molar refractivity (Wildman–Crippen MR) is 94.2 cm³/mol. The van der Waals surface area contributed by atoms with Gasteiger partial charge in [-0.05, 0) is 26.2 Å². The molecular weight excluding hydrogens is 423 g/mol. The molecule has 0 aliphatic rings. The molecule has 0 fully saturated rings. The molecule has 0 heterocycles. The average molecular weight is 446 g/mol. The minimum absolute atomic E-state index is 0.0317. The molecule has 166 valence electrons. The van der Waals surface area contributed by atoms with E-state index in [-0.39, 0.29) is 12.3 Å². The fourth-order valence-electron chi connectivity index (χ4n) is 2.54. The van der Waals surface area contributed by atoms with Crippen LogP contribution in [0, 0.1) is 35.0 Å². The molecule has 1 N–H and O–H groups in total. The molecule has 1 unspecified atom stereocenters. The van der Waals surface area contributed by atoms with Gasteiger partial charge in [0.2, 0.25) is 34.8 Å². The molecule has 0 radical (unpaired) electrons. The highest BCUT2D eigenvalue weighted by Gasteiger charge is 2.30. The van der Waals surface area contributed by atoms with Crippen molar-refractivity contribution in [2.45, 2.75) is 58.5 Å². The first kappa shape index (κ1) is 25.3. The van der Waals surface area contributed by atoms with Crippen LogP contribution in [-0.4, -0.2) is 30.7 Å². The van der Waals surface area contributed by atoms with Gasteiger partial charge in [-0.25, -0.2) is 13.2 Å². The van der Waals surface area contributed by atoms with Gasteiger partial charge < -0.3 is 9.29 Å². The summed E-state index contributed by atoms with van der Waals surface area (Å²) in [5.41, 5.74) is -0.834. The predicted octanol–water partition coefficient (Wildman–Crippen LogP) is 4.02. The molecule has 1 atom stereocenters. The molecule has 11 heteroatoms. The van der Waals surface area contributed by atoms with Crippen molar-refractivity contribution in [3.63, 3.8) is 0 Å². The third-order valence-corrected chi connectivity index (χ3v) is 5.20. The summed E-state index contributed by atoms with van der Waals surface area (Å²) in [6.45, 7) is 5.07. The van der Waals surface area contributed by atoms with Crippen molar-refractivity contribution in [3.05, 3.63) is 29.1 Å². The third kappa shape index (κ3) is 7.88. The molecule has 1 rings (SSSR count). The van der Waals surface area contributed by atoms with Gasteiger partial charge in [0, 0.05) is 12.8 Å². The van der Waals surface area contributed by atoms with Crippen molar-refractivity contribution in [1.29, 1.82) is 0 Å². The highest BCUT2D eigenvalue weighted by atomic mass is 32.2. The Morgan fingerprint density at radius 1 is 1.03 bits per heavy atom. The first-order chi connectivity index (χ1) is 13.1. The highest BCUT2D eigenvalue weighted by molar-refractivity contribution is 7.87. The van der Waals surface area contributed by atoms with Gasteiger partial charge in [-0.1, -0.05) is 19.8 Å². The number of carbonyl (C=O) groups is 1. The Kier molecular flexibility index (Phi) is 8.58. The summed E-state index contributed by atoms with van der Waals surface area (Å²) < 4.78 is 93.9. The lowest BCUT2D eigenvalue weighted by Crippen LogP contribution is -2.20. The standard InChI is InChI=1S/C18H23F5O5S/c1-10(5-4-7-18(2,3)25)9-11(24)6-8-29(26,27)28-17-15(22)13(20)12(19)14(21)16(17)23/h10,25H,4-9H2,1-3H3. The van der Waals surface area contributed by atoms with E-state index in [1.807, 2.05) is 0 Å². The molecule has 5 nitrogen and oxygen atoms in total. The fraction of sp³-hybridized carbons (Fsp3) is 0.611. The molecule has 0 aromatic heterocycles. The van der Waals surface area contributed by atoms with Crippen molar-refractivity contribution in [2.75, 3.05) is 5.75 Å².